The van der Waals surface area contributed by atoms with Gasteiger partial charge in [0, 0.05) is 30.1 Å². The number of hydrogen-bond acceptors (Lipinski definition) is 1. The zero-order valence-corrected chi connectivity index (χ0v) is 14.2. The summed E-state index contributed by atoms with van der Waals surface area (Å²) in [5.74, 6) is -0.245. The van der Waals surface area contributed by atoms with Gasteiger partial charge in [0.05, 0.1) is 0 Å². The molecule has 2 aliphatic rings. The van der Waals surface area contributed by atoms with E-state index in [4.69, 9.17) is 0 Å². The molecule has 0 aliphatic heterocycles. The number of hydrogen-bond donors (Lipinski definition) is 2. The lowest BCUT2D eigenvalue weighted by Crippen LogP contribution is -2.40. The van der Waals surface area contributed by atoms with E-state index in [0.29, 0.717) is 12.6 Å². The van der Waals surface area contributed by atoms with Crippen LogP contribution in [0.3, 0.4) is 0 Å². The quantitative estimate of drug-likeness (QED) is 0.457. The highest BCUT2D eigenvalue weighted by molar-refractivity contribution is 14.0. The van der Waals surface area contributed by atoms with Crippen molar-refractivity contribution in [3.63, 3.8) is 0 Å². The molecule has 1 aromatic carbocycles. The third-order valence-corrected chi connectivity index (χ3v) is 3.72. The number of guanidine groups is 1. The molecular formula is C15H20F2IN3. The van der Waals surface area contributed by atoms with Crippen LogP contribution in [0.1, 0.15) is 37.7 Å². The summed E-state index contributed by atoms with van der Waals surface area (Å²) in [6.07, 6.45) is 3.08. The van der Waals surface area contributed by atoms with Crippen molar-refractivity contribution in [3.8, 4) is 0 Å². The number of benzene rings is 1. The Bertz CT molecular complexity index is 511. The fourth-order valence-electron chi connectivity index (χ4n) is 2.43. The van der Waals surface area contributed by atoms with Gasteiger partial charge in [-0.2, -0.15) is 0 Å². The predicted molar refractivity (Wildman–Crippen MR) is 90.2 cm³/mol. The summed E-state index contributed by atoms with van der Waals surface area (Å²) in [5.41, 5.74) is 0.201. The number of rotatable bonds is 4. The lowest BCUT2D eigenvalue weighted by molar-refractivity contribution is 0.553. The lowest BCUT2D eigenvalue weighted by Gasteiger charge is -2.12. The Labute approximate surface area is 140 Å². The van der Waals surface area contributed by atoms with Gasteiger partial charge in [-0.1, -0.05) is 6.07 Å². The monoisotopic (exact) mass is 407 g/mol. The Morgan fingerprint density at radius 3 is 2.48 bits per heavy atom. The molecule has 1 aromatic rings. The Morgan fingerprint density at radius 1 is 1.24 bits per heavy atom. The van der Waals surface area contributed by atoms with Crippen LogP contribution in [0.15, 0.2) is 23.2 Å². The predicted octanol–water partition coefficient (Wildman–Crippen LogP) is 3.16. The first-order chi connectivity index (χ1) is 9.69. The summed E-state index contributed by atoms with van der Waals surface area (Å²) in [6, 6.07) is 4.61. The molecule has 0 amide bonds. The van der Waals surface area contributed by atoms with E-state index in [1.807, 2.05) is 6.92 Å². The first-order valence-corrected chi connectivity index (χ1v) is 7.20. The molecule has 2 aliphatic carbocycles. The summed E-state index contributed by atoms with van der Waals surface area (Å²) >= 11 is 0. The molecule has 2 atom stereocenters. The first-order valence-electron chi connectivity index (χ1n) is 7.20. The molecule has 21 heavy (non-hydrogen) atoms. The number of nitrogens with one attached hydrogen (secondary N) is 2. The van der Waals surface area contributed by atoms with Crippen LogP contribution >= 0.6 is 24.0 Å². The maximum absolute atomic E-state index is 13.7. The third-order valence-electron chi connectivity index (χ3n) is 3.72. The largest absolute Gasteiger partial charge is 0.354 e. The van der Waals surface area contributed by atoms with Gasteiger partial charge in [-0.15, -0.1) is 24.0 Å². The van der Waals surface area contributed by atoms with E-state index in [0.717, 1.165) is 12.4 Å². The molecule has 0 heterocycles. The molecule has 0 aromatic heterocycles. The van der Waals surface area contributed by atoms with Gasteiger partial charge in [0.1, 0.15) is 11.6 Å². The maximum Gasteiger partial charge on any atom is 0.191 e. The molecule has 0 radical (unpaired) electrons. The molecule has 0 spiro atoms. The van der Waals surface area contributed by atoms with Crippen LogP contribution in [-0.4, -0.2) is 24.6 Å². The Kier molecular flexibility index (Phi) is 5.40. The van der Waals surface area contributed by atoms with Gasteiger partial charge in [-0.05, 0) is 38.3 Å². The minimum Gasteiger partial charge on any atom is -0.354 e. The van der Waals surface area contributed by atoms with Gasteiger partial charge in [-0.25, -0.2) is 8.78 Å². The average molecular weight is 407 g/mol. The highest BCUT2D eigenvalue weighted by atomic mass is 127. The minimum atomic E-state index is -0.455. The van der Waals surface area contributed by atoms with Crippen LogP contribution in [-0.2, 0) is 0 Å². The van der Waals surface area contributed by atoms with Crippen LogP contribution < -0.4 is 10.6 Å². The van der Waals surface area contributed by atoms with Crippen molar-refractivity contribution in [3.05, 3.63) is 35.4 Å². The van der Waals surface area contributed by atoms with Gasteiger partial charge in [0.15, 0.2) is 5.96 Å². The zero-order chi connectivity index (χ0) is 14.1. The van der Waals surface area contributed by atoms with Gasteiger partial charge < -0.3 is 10.6 Å². The van der Waals surface area contributed by atoms with Crippen LogP contribution in [0.25, 0.3) is 0 Å². The van der Waals surface area contributed by atoms with Crippen LogP contribution in [0.2, 0.25) is 0 Å². The number of nitrogens with zero attached hydrogens (tertiary/aromatic N) is 1. The molecular weight excluding hydrogens is 387 g/mol. The number of aliphatic imine (C=N–C) groups is 1. The maximum atomic E-state index is 13.7. The van der Waals surface area contributed by atoms with Crippen molar-refractivity contribution in [2.75, 3.05) is 6.54 Å². The van der Waals surface area contributed by atoms with Crippen LogP contribution in [0.4, 0.5) is 8.78 Å². The van der Waals surface area contributed by atoms with E-state index < -0.39 is 11.6 Å². The standard InChI is InChI=1S/C15H19F2N3.HI/c1-2-18-15(19-9-6-7-9)20-13-8-10(13)14-11(16)4-3-5-12(14)17;/h3-5,9-10,13H,2,6-8H2,1H3,(H2,18,19,20);1H. The summed E-state index contributed by atoms with van der Waals surface area (Å²) in [7, 11) is 0. The van der Waals surface area contributed by atoms with Crippen molar-refractivity contribution in [2.24, 2.45) is 4.99 Å². The van der Waals surface area contributed by atoms with Gasteiger partial charge in [0.25, 0.3) is 0 Å². The smallest absolute Gasteiger partial charge is 0.191 e. The molecule has 3 rings (SSSR count). The van der Waals surface area contributed by atoms with Crippen LogP contribution in [0.5, 0.6) is 0 Å². The van der Waals surface area contributed by atoms with Crippen molar-refractivity contribution < 1.29 is 8.78 Å². The SMILES string of the molecule is CCN=C(NC1CC1)NC1CC1c1c(F)cccc1F.I. The van der Waals surface area contributed by atoms with E-state index in [-0.39, 0.29) is 41.5 Å². The molecule has 2 saturated carbocycles. The summed E-state index contributed by atoms with van der Waals surface area (Å²) in [5, 5.41) is 6.59. The Hall–Kier alpha value is -0.920. The van der Waals surface area contributed by atoms with Crippen molar-refractivity contribution in [1.29, 1.82) is 0 Å². The molecule has 0 saturated heterocycles. The zero-order valence-electron chi connectivity index (χ0n) is 11.9. The Balaban J connectivity index is 0.00000161. The molecule has 116 valence electrons. The second kappa shape index (κ2) is 6.89. The van der Waals surface area contributed by atoms with Crippen molar-refractivity contribution >= 4 is 29.9 Å². The van der Waals surface area contributed by atoms with Crippen LogP contribution in [0, 0.1) is 11.6 Å². The molecule has 6 heteroatoms. The van der Waals surface area contributed by atoms with Crippen molar-refractivity contribution in [2.45, 2.75) is 44.2 Å². The first kappa shape index (κ1) is 16.5. The summed E-state index contributed by atoms with van der Waals surface area (Å²) < 4.78 is 27.4. The minimum absolute atomic E-state index is 0. The molecule has 3 nitrogen and oxygen atoms in total. The highest BCUT2D eigenvalue weighted by Gasteiger charge is 2.42. The van der Waals surface area contributed by atoms with E-state index in [1.54, 1.807) is 0 Å². The van der Waals surface area contributed by atoms with E-state index >= 15 is 0 Å². The summed E-state index contributed by atoms with van der Waals surface area (Å²) in [4.78, 5) is 4.36. The van der Waals surface area contributed by atoms with Crippen molar-refractivity contribution in [1.82, 2.24) is 10.6 Å². The van der Waals surface area contributed by atoms with E-state index in [1.165, 1.54) is 31.0 Å². The molecule has 2 unspecified atom stereocenters. The van der Waals surface area contributed by atoms with Gasteiger partial charge in [-0.3, -0.25) is 4.99 Å². The topological polar surface area (TPSA) is 36.4 Å². The number of halogens is 3. The van der Waals surface area contributed by atoms with Gasteiger partial charge in [0.2, 0.25) is 0 Å². The normalized spacial score (nSPS) is 24.2. The third kappa shape index (κ3) is 4.05. The molecule has 2 N–H and O–H groups in total. The summed E-state index contributed by atoms with van der Waals surface area (Å²) in [6.45, 7) is 2.66. The highest BCUT2D eigenvalue weighted by Crippen LogP contribution is 2.43. The Morgan fingerprint density at radius 2 is 1.90 bits per heavy atom. The second-order valence-corrected chi connectivity index (χ2v) is 5.47. The lowest BCUT2D eigenvalue weighted by atomic mass is 10.1. The van der Waals surface area contributed by atoms with E-state index in [9.17, 15) is 8.78 Å². The second-order valence-electron chi connectivity index (χ2n) is 5.47. The fraction of sp³-hybridized carbons (Fsp3) is 0.533. The molecule has 0 bridgehead atoms. The van der Waals surface area contributed by atoms with E-state index in [2.05, 4.69) is 15.6 Å². The molecule has 2 fully saturated rings. The average Bonchev–Trinajstić information content (AvgIpc) is 3.28. The fourth-order valence-corrected chi connectivity index (χ4v) is 2.43. The van der Waals surface area contributed by atoms with Gasteiger partial charge >= 0.3 is 0 Å².